The van der Waals surface area contributed by atoms with Gasteiger partial charge in [0.1, 0.15) is 0 Å². The van der Waals surface area contributed by atoms with Crippen molar-refractivity contribution >= 4 is 50.5 Å². The van der Waals surface area contributed by atoms with Crippen molar-refractivity contribution in [1.29, 1.82) is 0 Å². The van der Waals surface area contributed by atoms with E-state index in [-0.39, 0.29) is 12.3 Å². The van der Waals surface area contributed by atoms with Crippen molar-refractivity contribution in [2.24, 2.45) is 0 Å². The number of amides is 1. The number of nitrogens with one attached hydrogen (secondary N) is 2. The van der Waals surface area contributed by atoms with Crippen molar-refractivity contribution in [3.63, 3.8) is 0 Å². The molecule has 7 heteroatoms. The second-order valence-corrected chi connectivity index (χ2v) is 9.78. The van der Waals surface area contributed by atoms with Gasteiger partial charge in [0.25, 0.3) is 5.91 Å². The molecule has 0 saturated heterocycles. The number of rotatable bonds is 9. The molecule has 0 saturated carbocycles. The van der Waals surface area contributed by atoms with E-state index >= 15 is 0 Å². The topological polar surface area (TPSA) is 81.7 Å². The Morgan fingerprint density at radius 3 is 2.49 bits per heavy atom. The first-order valence-corrected chi connectivity index (χ1v) is 12.3. The predicted molar refractivity (Wildman–Crippen MR) is 144 cm³/mol. The van der Waals surface area contributed by atoms with Crippen molar-refractivity contribution in [1.82, 2.24) is 4.90 Å². The maximum atomic E-state index is 13.1. The van der Waals surface area contributed by atoms with Crippen LogP contribution in [-0.2, 0) is 22.4 Å². The molecule has 0 bridgehead atoms. The lowest BCUT2D eigenvalue weighted by Crippen LogP contribution is -2.15. The Morgan fingerprint density at radius 2 is 1.77 bits per heavy atom. The van der Waals surface area contributed by atoms with Crippen molar-refractivity contribution in [3.8, 4) is 0 Å². The Balaban J connectivity index is 1.75. The monoisotopic (exact) mass is 533 g/mol. The van der Waals surface area contributed by atoms with Crippen LogP contribution in [0.4, 0.5) is 11.4 Å². The van der Waals surface area contributed by atoms with E-state index in [1.165, 1.54) is 5.56 Å². The zero-order chi connectivity index (χ0) is 24.9. The Labute approximate surface area is 213 Å². The Kier molecular flexibility index (Phi) is 7.68. The highest BCUT2D eigenvalue weighted by molar-refractivity contribution is 9.10. The number of carboxylic acid groups (broad SMARTS) is 1. The molecular formula is C28H28BrN3O3. The van der Waals surface area contributed by atoms with Crippen molar-refractivity contribution in [2.75, 3.05) is 31.3 Å². The molecule has 1 heterocycles. The third kappa shape index (κ3) is 6.18. The summed E-state index contributed by atoms with van der Waals surface area (Å²) >= 11 is 3.47. The van der Waals surface area contributed by atoms with Gasteiger partial charge in [0, 0.05) is 28.7 Å². The molecule has 0 fully saturated rings. The quantitative estimate of drug-likeness (QED) is 0.316. The van der Waals surface area contributed by atoms with Crippen LogP contribution in [0.3, 0.4) is 0 Å². The number of hydrogen-bond acceptors (Lipinski definition) is 4. The lowest BCUT2D eigenvalue weighted by atomic mass is 9.97. The van der Waals surface area contributed by atoms with Gasteiger partial charge in [-0.3, -0.25) is 9.59 Å². The van der Waals surface area contributed by atoms with Gasteiger partial charge in [-0.1, -0.05) is 52.3 Å². The van der Waals surface area contributed by atoms with Crippen LogP contribution in [0.25, 0.3) is 11.3 Å². The van der Waals surface area contributed by atoms with Gasteiger partial charge >= 0.3 is 5.97 Å². The van der Waals surface area contributed by atoms with Gasteiger partial charge in [0.15, 0.2) is 0 Å². The number of benzene rings is 3. The highest BCUT2D eigenvalue weighted by Crippen LogP contribution is 2.39. The van der Waals surface area contributed by atoms with Crippen LogP contribution in [0, 0.1) is 0 Å². The molecule has 1 aliphatic heterocycles. The lowest BCUT2D eigenvalue weighted by Gasteiger charge is -2.16. The van der Waals surface area contributed by atoms with Gasteiger partial charge in [-0.2, -0.15) is 0 Å². The van der Waals surface area contributed by atoms with Crippen LogP contribution in [0.15, 0.2) is 71.2 Å². The minimum atomic E-state index is -0.837. The molecule has 0 aromatic heterocycles. The van der Waals surface area contributed by atoms with Crippen LogP contribution >= 0.6 is 15.9 Å². The molecule has 0 atom stereocenters. The number of likely N-dealkylation sites (N-methyl/N-ethyl adjacent to an activating group) is 1. The largest absolute Gasteiger partial charge is 0.481 e. The van der Waals surface area contributed by atoms with Gasteiger partial charge in [-0.25, -0.2) is 0 Å². The molecule has 1 aliphatic rings. The molecule has 0 unspecified atom stereocenters. The Bertz CT molecular complexity index is 1280. The summed E-state index contributed by atoms with van der Waals surface area (Å²) in [6, 6.07) is 21.7. The van der Waals surface area contributed by atoms with Crippen LogP contribution in [-0.4, -0.2) is 42.5 Å². The fourth-order valence-electron chi connectivity index (χ4n) is 4.06. The molecule has 6 nitrogen and oxygen atoms in total. The number of halogens is 1. The van der Waals surface area contributed by atoms with E-state index < -0.39 is 5.97 Å². The summed E-state index contributed by atoms with van der Waals surface area (Å²) in [5.74, 6) is -1.02. The standard InChI is InChI=1S/C28H28BrN3O3/c1-32(2)15-14-18-6-10-22(11-7-18)30-27(20-5-3-4-19(16-20)8-13-25(33)34)26-23-12-9-21(29)17-24(23)31-28(26)35/h3-7,9-12,16-17,30H,8,13-15H2,1-2H3,(H,31,35)(H,33,34)/b27-26-. The summed E-state index contributed by atoms with van der Waals surface area (Å²) < 4.78 is 0.885. The number of carbonyl (C=O) groups excluding carboxylic acids is 1. The average molecular weight is 534 g/mol. The number of aliphatic carboxylic acids is 1. The molecule has 180 valence electrons. The molecular weight excluding hydrogens is 506 g/mol. The van der Waals surface area contributed by atoms with Crippen LogP contribution in [0.1, 0.15) is 28.7 Å². The van der Waals surface area contributed by atoms with Gasteiger partial charge < -0.3 is 20.6 Å². The first-order valence-electron chi connectivity index (χ1n) is 11.5. The van der Waals surface area contributed by atoms with E-state index in [0.29, 0.717) is 17.7 Å². The minimum absolute atomic E-state index is 0.0501. The molecule has 0 spiro atoms. The molecule has 4 rings (SSSR count). The Morgan fingerprint density at radius 1 is 1.00 bits per heavy atom. The second-order valence-electron chi connectivity index (χ2n) is 8.86. The second kappa shape index (κ2) is 10.9. The van der Waals surface area contributed by atoms with Crippen molar-refractivity contribution in [2.45, 2.75) is 19.3 Å². The highest BCUT2D eigenvalue weighted by Gasteiger charge is 2.28. The van der Waals surface area contributed by atoms with E-state index in [1.807, 2.05) is 54.6 Å². The molecule has 0 radical (unpaired) electrons. The summed E-state index contributed by atoms with van der Waals surface area (Å²) in [4.78, 5) is 26.4. The normalized spacial score (nSPS) is 14.0. The highest BCUT2D eigenvalue weighted by atomic mass is 79.9. The summed E-state index contributed by atoms with van der Waals surface area (Å²) in [6.45, 7) is 0.970. The van der Waals surface area contributed by atoms with Gasteiger partial charge in [-0.05, 0) is 74.0 Å². The number of carboxylic acids is 1. The molecule has 35 heavy (non-hydrogen) atoms. The maximum absolute atomic E-state index is 13.1. The molecule has 3 aromatic carbocycles. The fraction of sp³-hybridized carbons (Fsp3) is 0.214. The van der Waals surface area contributed by atoms with Crippen molar-refractivity contribution in [3.05, 3.63) is 93.5 Å². The molecule has 0 aliphatic carbocycles. The number of nitrogens with zero attached hydrogens (tertiary/aromatic N) is 1. The van der Waals surface area contributed by atoms with Gasteiger partial charge in [-0.15, -0.1) is 0 Å². The zero-order valence-corrected chi connectivity index (χ0v) is 21.4. The summed E-state index contributed by atoms with van der Waals surface area (Å²) in [6.07, 6.45) is 1.42. The summed E-state index contributed by atoms with van der Waals surface area (Å²) in [7, 11) is 4.12. The number of anilines is 2. The van der Waals surface area contributed by atoms with E-state index in [2.05, 4.69) is 57.7 Å². The SMILES string of the molecule is CN(C)CCc1ccc(N/C(=C2\C(=O)Nc3cc(Br)ccc32)c2cccc(CCC(=O)O)c2)cc1. The van der Waals surface area contributed by atoms with Gasteiger partial charge in [0.2, 0.25) is 0 Å². The van der Waals surface area contributed by atoms with Crippen LogP contribution in [0.2, 0.25) is 0 Å². The first-order chi connectivity index (χ1) is 16.8. The molecule has 3 aromatic rings. The zero-order valence-electron chi connectivity index (χ0n) is 19.8. The first kappa shape index (κ1) is 24.7. The minimum Gasteiger partial charge on any atom is -0.481 e. The number of aryl methyl sites for hydroxylation is 1. The number of hydrogen-bond donors (Lipinski definition) is 3. The van der Waals surface area contributed by atoms with Gasteiger partial charge in [0.05, 0.1) is 17.0 Å². The third-order valence-electron chi connectivity index (χ3n) is 5.89. The van der Waals surface area contributed by atoms with E-state index in [0.717, 1.165) is 45.5 Å². The average Bonchev–Trinajstić information content (AvgIpc) is 3.15. The fourth-order valence-corrected chi connectivity index (χ4v) is 4.42. The van der Waals surface area contributed by atoms with Crippen LogP contribution < -0.4 is 10.6 Å². The Hall–Kier alpha value is -3.42. The smallest absolute Gasteiger partial charge is 0.303 e. The van der Waals surface area contributed by atoms with E-state index in [1.54, 1.807) is 0 Å². The number of carbonyl (C=O) groups is 2. The van der Waals surface area contributed by atoms with E-state index in [9.17, 15) is 9.59 Å². The maximum Gasteiger partial charge on any atom is 0.303 e. The lowest BCUT2D eigenvalue weighted by molar-refractivity contribution is -0.137. The van der Waals surface area contributed by atoms with Crippen molar-refractivity contribution < 1.29 is 14.7 Å². The molecule has 3 N–H and O–H groups in total. The summed E-state index contributed by atoms with van der Waals surface area (Å²) in [5.41, 5.74) is 6.64. The predicted octanol–water partition coefficient (Wildman–Crippen LogP) is 5.50. The van der Waals surface area contributed by atoms with E-state index in [4.69, 9.17) is 5.11 Å². The van der Waals surface area contributed by atoms with Crippen LogP contribution in [0.5, 0.6) is 0 Å². The summed E-state index contributed by atoms with van der Waals surface area (Å²) in [5, 5.41) is 15.6. The third-order valence-corrected chi connectivity index (χ3v) is 6.38. The molecule has 1 amide bonds. The number of fused-ring (bicyclic) bond motifs is 1.